The van der Waals surface area contributed by atoms with Crippen LogP contribution in [0, 0.1) is 20.8 Å². The molecule has 106 valence electrons. The minimum atomic E-state index is 0.535. The fourth-order valence-corrected chi connectivity index (χ4v) is 2.30. The zero-order valence-electron chi connectivity index (χ0n) is 12.3. The highest BCUT2D eigenvalue weighted by Crippen LogP contribution is 2.28. The van der Waals surface area contributed by atoms with Gasteiger partial charge in [0.05, 0.1) is 0 Å². The van der Waals surface area contributed by atoms with E-state index in [1.807, 2.05) is 39.0 Å². The number of benzene rings is 2. The lowest BCUT2D eigenvalue weighted by Gasteiger charge is -2.03. The van der Waals surface area contributed by atoms with E-state index in [2.05, 4.69) is 28.3 Å². The van der Waals surface area contributed by atoms with Gasteiger partial charge in [0.25, 0.3) is 5.89 Å². The van der Waals surface area contributed by atoms with Crippen LogP contribution in [-0.2, 0) is 0 Å². The number of rotatable bonds is 2. The summed E-state index contributed by atoms with van der Waals surface area (Å²) in [6.07, 6.45) is 0. The average Bonchev–Trinajstić information content (AvgIpc) is 2.94. The summed E-state index contributed by atoms with van der Waals surface area (Å²) >= 11 is 0. The van der Waals surface area contributed by atoms with Crippen molar-refractivity contribution in [3.63, 3.8) is 0 Å². The molecular formula is C17H17N3O. The van der Waals surface area contributed by atoms with E-state index < -0.39 is 0 Å². The summed E-state index contributed by atoms with van der Waals surface area (Å²) in [6.45, 7) is 6.03. The third-order valence-electron chi connectivity index (χ3n) is 3.67. The third-order valence-corrected chi connectivity index (χ3v) is 3.67. The first-order valence-electron chi connectivity index (χ1n) is 6.83. The number of anilines is 1. The SMILES string of the molecule is Cc1ccc(C)c(-c2nc(-c3cccc(N)c3C)no2)c1. The van der Waals surface area contributed by atoms with Crippen molar-refractivity contribution in [3.05, 3.63) is 53.1 Å². The van der Waals surface area contributed by atoms with Crippen LogP contribution in [0.5, 0.6) is 0 Å². The van der Waals surface area contributed by atoms with Gasteiger partial charge in [0.15, 0.2) is 0 Å². The zero-order valence-corrected chi connectivity index (χ0v) is 12.3. The third kappa shape index (κ3) is 2.40. The van der Waals surface area contributed by atoms with Crippen LogP contribution in [0.25, 0.3) is 22.8 Å². The number of aryl methyl sites for hydroxylation is 2. The lowest BCUT2D eigenvalue weighted by molar-refractivity contribution is 0.432. The van der Waals surface area contributed by atoms with E-state index in [1.165, 1.54) is 0 Å². The molecule has 0 aliphatic heterocycles. The molecule has 0 fully saturated rings. The summed E-state index contributed by atoms with van der Waals surface area (Å²) in [5, 5.41) is 4.09. The number of hydrogen-bond acceptors (Lipinski definition) is 4. The fourth-order valence-electron chi connectivity index (χ4n) is 2.30. The minimum absolute atomic E-state index is 0.535. The fraction of sp³-hybridized carbons (Fsp3) is 0.176. The van der Waals surface area contributed by atoms with Gasteiger partial charge in [0.2, 0.25) is 5.82 Å². The summed E-state index contributed by atoms with van der Waals surface area (Å²) < 4.78 is 5.43. The Labute approximate surface area is 123 Å². The quantitative estimate of drug-likeness (QED) is 0.722. The Morgan fingerprint density at radius 2 is 1.81 bits per heavy atom. The Bertz CT molecular complexity index is 789. The van der Waals surface area contributed by atoms with E-state index in [0.717, 1.165) is 33.5 Å². The highest BCUT2D eigenvalue weighted by molar-refractivity contribution is 5.69. The molecule has 0 spiro atoms. The maximum atomic E-state index is 5.93. The van der Waals surface area contributed by atoms with Crippen molar-refractivity contribution in [2.45, 2.75) is 20.8 Å². The molecule has 4 nitrogen and oxygen atoms in total. The molecule has 21 heavy (non-hydrogen) atoms. The van der Waals surface area contributed by atoms with Gasteiger partial charge in [0, 0.05) is 16.8 Å². The molecule has 0 aliphatic rings. The van der Waals surface area contributed by atoms with E-state index in [-0.39, 0.29) is 0 Å². The molecule has 3 aromatic rings. The van der Waals surface area contributed by atoms with Gasteiger partial charge in [-0.15, -0.1) is 0 Å². The second kappa shape index (κ2) is 5.05. The average molecular weight is 279 g/mol. The number of nitrogen functional groups attached to an aromatic ring is 1. The molecular weight excluding hydrogens is 262 g/mol. The first-order valence-corrected chi connectivity index (χ1v) is 6.83. The molecule has 4 heteroatoms. The second-order valence-electron chi connectivity index (χ2n) is 5.26. The Kier molecular flexibility index (Phi) is 3.22. The van der Waals surface area contributed by atoms with Gasteiger partial charge in [-0.25, -0.2) is 0 Å². The molecule has 1 aromatic heterocycles. The molecule has 0 amide bonds. The molecule has 0 saturated carbocycles. The van der Waals surface area contributed by atoms with Crippen LogP contribution in [0.1, 0.15) is 16.7 Å². The van der Waals surface area contributed by atoms with Gasteiger partial charge in [-0.1, -0.05) is 35.0 Å². The number of nitrogens with zero attached hydrogens (tertiary/aromatic N) is 2. The van der Waals surface area contributed by atoms with E-state index in [0.29, 0.717) is 11.7 Å². The van der Waals surface area contributed by atoms with Crippen molar-refractivity contribution in [2.24, 2.45) is 0 Å². The number of aromatic nitrogens is 2. The smallest absolute Gasteiger partial charge is 0.258 e. The van der Waals surface area contributed by atoms with Crippen LogP contribution in [-0.4, -0.2) is 10.1 Å². The lowest BCUT2D eigenvalue weighted by Crippen LogP contribution is -1.93. The molecule has 0 atom stereocenters. The van der Waals surface area contributed by atoms with E-state index >= 15 is 0 Å². The van der Waals surface area contributed by atoms with E-state index in [9.17, 15) is 0 Å². The molecule has 0 unspecified atom stereocenters. The predicted molar refractivity (Wildman–Crippen MR) is 83.8 cm³/mol. The van der Waals surface area contributed by atoms with E-state index in [1.54, 1.807) is 0 Å². The predicted octanol–water partition coefficient (Wildman–Crippen LogP) is 3.91. The maximum absolute atomic E-state index is 5.93. The van der Waals surface area contributed by atoms with Crippen molar-refractivity contribution in [1.82, 2.24) is 10.1 Å². The highest BCUT2D eigenvalue weighted by atomic mass is 16.5. The van der Waals surface area contributed by atoms with Crippen molar-refractivity contribution in [3.8, 4) is 22.8 Å². The molecule has 3 rings (SSSR count). The molecule has 1 heterocycles. The van der Waals surface area contributed by atoms with Gasteiger partial charge >= 0.3 is 0 Å². The Balaban J connectivity index is 2.08. The molecule has 0 radical (unpaired) electrons. The van der Waals surface area contributed by atoms with Crippen LogP contribution >= 0.6 is 0 Å². The van der Waals surface area contributed by atoms with E-state index in [4.69, 9.17) is 10.3 Å². The standard InChI is InChI=1S/C17H17N3O/c1-10-7-8-11(2)14(9-10)17-19-16(20-21-17)13-5-4-6-15(18)12(13)3/h4-9H,18H2,1-3H3. The van der Waals surface area contributed by atoms with Crippen molar-refractivity contribution in [1.29, 1.82) is 0 Å². The summed E-state index contributed by atoms with van der Waals surface area (Å²) in [5.41, 5.74) is 11.8. The molecule has 2 aromatic carbocycles. The number of nitrogens with two attached hydrogens (primary N) is 1. The molecule has 0 aliphatic carbocycles. The van der Waals surface area contributed by atoms with Crippen LogP contribution in [0.15, 0.2) is 40.9 Å². The van der Waals surface area contributed by atoms with Gasteiger partial charge in [-0.3, -0.25) is 0 Å². The van der Waals surface area contributed by atoms with Gasteiger partial charge in [-0.2, -0.15) is 4.98 Å². The summed E-state index contributed by atoms with van der Waals surface area (Å²) in [4.78, 5) is 4.52. The van der Waals surface area contributed by atoms with Crippen LogP contribution in [0.4, 0.5) is 5.69 Å². The van der Waals surface area contributed by atoms with Crippen molar-refractivity contribution < 1.29 is 4.52 Å². The first-order chi connectivity index (χ1) is 10.1. The van der Waals surface area contributed by atoms with Gasteiger partial charge in [-0.05, 0) is 44.0 Å². The highest BCUT2D eigenvalue weighted by Gasteiger charge is 2.14. The van der Waals surface area contributed by atoms with Crippen LogP contribution < -0.4 is 5.73 Å². The topological polar surface area (TPSA) is 64.9 Å². The van der Waals surface area contributed by atoms with Crippen molar-refractivity contribution >= 4 is 5.69 Å². The Morgan fingerprint density at radius 3 is 2.62 bits per heavy atom. The second-order valence-corrected chi connectivity index (χ2v) is 5.26. The largest absolute Gasteiger partial charge is 0.398 e. The van der Waals surface area contributed by atoms with Crippen LogP contribution in [0.3, 0.4) is 0 Å². The number of hydrogen-bond donors (Lipinski definition) is 1. The molecule has 0 bridgehead atoms. The first kappa shape index (κ1) is 13.4. The summed E-state index contributed by atoms with van der Waals surface area (Å²) in [6, 6.07) is 11.9. The Morgan fingerprint density at radius 1 is 1.00 bits per heavy atom. The van der Waals surface area contributed by atoms with Gasteiger partial charge in [0.1, 0.15) is 0 Å². The summed E-state index contributed by atoms with van der Waals surface area (Å²) in [5.74, 6) is 1.10. The van der Waals surface area contributed by atoms with Crippen molar-refractivity contribution in [2.75, 3.05) is 5.73 Å². The zero-order chi connectivity index (χ0) is 15.0. The lowest BCUT2D eigenvalue weighted by atomic mass is 10.1. The summed E-state index contributed by atoms with van der Waals surface area (Å²) in [7, 11) is 0. The maximum Gasteiger partial charge on any atom is 0.258 e. The normalized spacial score (nSPS) is 10.8. The van der Waals surface area contributed by atoms with Crippen LogP contribution in [0.2, 0.25) is 0 Å². The molecule has 0 saturated heterocycles. The van der Waals surface area contributed by atoms with Gasteiger partial charge < -0.3 is 10.3 Å². The monoisotopic (exact) mass is 279 g/mol. The minimum Gasteiger partial charge on any atom is -0.398 e. The molecule has 2 N–H and O–H groups in total. The Hall–Kier alpha value is -2.62.